The standard InChI is InChI=1S/C16H14FN3O2S.C14H12FN5S/c1-2-22-16(21)14-9-15(13-7-8-23-19-13)20(18-14)10-11-5-3-4-6-12(11)17;15-10-4-2-1-3-9(10)8-20-13(11-5-6-21-19-11)7-12(18-20)14(16)17/h3-9H,2,10H2,1H3;1-7H,8H2,(H3,16,17). The SMILES string of the molecule is CCOC(=O)c1cc(-c2ccsn2)n(Cc2ccccc2F)n1.N=C(N)c1cc(-c2ccsn2)n(Cc2ccccc2F)n1. The predicted octanol–water partition coefficient (Wildman–Crippen LogP) is 5.85. The number of carbonyl (C=O) groups is 1. The fraction of sp³-hybridized carbons (Fsp3) is 0.133. The summed E-state index contributed by atoms with van der Waals surface area (Å²) in [6, 6.07) is 20.0. The van der Waals surface area contributed by atoms with Gasteiger partial charge in [0.15, 0.2) is 5.69 Å². The normalized spacial score (nSPS) is 10.7. The zero-order chi connectivity index (χ0) is 31.1. The van der Waals surface area contributed by atoms with Gasteiger partial charge in [-0.05, 0) is 60.3 Å². The number of ether oxygens (including phenoxy) is 1. The molecule has 4 aromatic heterocycles. The predicted molar refractivity (Wildman–Crippen MR) is 165 cm³/mol. The van der Waals surface area contributed by atoms with Crippen LogP contribution in [0.5, 0.6) is 0 Å². The third kappa shape index (κ3) is 7.10. The Kier molecular flexibility index (Phi) is 9.62. The molecule has 0 aliphatic heterocycles. The minimum atomic E-state index is -0.503. The zero-order valence-electron chi connectivity index (χ0n) is 23.4. The van der Waals surface area contributed by atoms with E-state index in [4.69, 9.17) is 15.9 Å². The van der Waals surface area contributed by atoms with E-state index < -0.39 is 5.97 Å². The van der Waals surface area contributed by atoms with Crippen LogP contribution in [-0.4, -0.2) is 46.7 Å². The van der Waals surface area contributed by atoms with Gasteiger partial charge in [-0.3, -0.25) is 14.8 Å². The van der Waals surface area contributed by atoms with Crippen LogP contribution in [0.15, 0.2) is 83.6 Å². The molecule has 0 radical (unpaired) electrons. The summed E-state index contributed by atoms with van der Waals surface area (Å²) in [6.45, 7) is 2.46. The van der Waals surface area contributed by atoms with Crippen molar-refractivity contribution in [3.8, 4) is 22.8 Å². The van der Waals surface area contributed by atoms with Gasteiger partial charge < -0.3 is 10.5 Å². The molecule has 224 valence electrons. The highest BCUT2D eigenvalue weighted by Crippen LogP contribution is 2.23. The van der Waals surface area contributed by atoms with Crippen LogP contribution in [0.3, 0.4) is 0 Å². The molecule has 0 aliphatic rings. The summed E-state index contributed by atoms with van der Waals surface area (Å²) >= 11 is 2.62. The van der Waals surface area contributed by atoms with Crippen molar-refractivity contribution in [3.05, 3.63) is 118 Å². The first-order chi connectivity index (χ1) is 21.3. The molecule has 3 N–H and O–H groups in total. The summed E-state index contributed by atoms with van der Waals surface area (Å²) in [5.41, 5.74) is 9.82. The van der Waals surface area contributed by atoms with E-state index in [1.165, 1.54) is 35.2 Å². The maximum absolute atomic E-state index is 13.9. The third-order valence-electron chi connectivity index (χ3n) is 6.28. The number of nitrogens with one attached hydrogen (secondary N) is 1. The van der Waals surface area contributed by atoms with E-state index in [0.717, 1.165) is 5.69 Å². The number of nitrogens with zero attached hydrogens (tertiary/aromatic N) is 6. The fourth-order valence-corrected chi connectivity index (χ4v) is 5.23. The molecule has 0 bridgehead atoms. The van der Waals surface area contributed by atoms with Gasteiger partial charge in [0, 0.05) is 28.0 Å². The molecule has 0 unspecified atom stereocenters. The summed E-state index contributed by atoms with van der Waals surface area (Å²) < 4.78 is 44.4. The van der Waals surface area contributed by atoms with Gasteiger partial charge in [0.1, 0.15) is 34.6 Å². The second kappa shape index (κ2) is 13.9. The highest BCUT2D eigenvalue weighted by Gasteiger charge is 2.19. The number of benzene rings is 2. The first-order valence-electron chi connectivity index (χ1n) is 13.3. The molecular weight excluding hydrogens is 607 g/mol. The Morgan fingerprint density at radius 2 is 1.30 bits per heavy atom. The summed E-state index contributed by atoms with van der Waals surface area (Å²) in [5, 5.41) is 19.7. The Hall–Kier alpha value is -5.08. The Bertz CT molecular complexity index is 1870. The van der Waals surface area contributed by atoms with Crippen molar-refractivity contribution < 1.29 is 18.3 Å². The van der Waals surface area contributed by atoms with Gasteiger partial charge in [0.05, 0.1) is 31.1 Å². The van der Waals surface area contributed by atoms with Crippen LogP contribution in [-0.2, 0) is 17.8 Å². The summed E-state index contributed by atoms with van der Waals surface area (Å²) in [7, 11) is 0. The van der Waals surface area contributed by atoms with Crippen molar-refractivity contribution in [2.45, 2.75) is 20.0 Å². The van der Waals surface area contributed by atoms with Crippen molar-refractivity contribution in [2.24, 2.45) is 5.73 Å². The molecule has 0 fully saturated rings. The van der Waals surface area contributed by atoms with E-state index in [1.54, 1.807) is 64.8 Å². The van der Waals surface area contributed by atoms with Crippen molar-refractivity contribution in [1.29, 1.82) is 5.41 Å². The number of nitrogens with two attached hydrogens (primary N) is 1. The maximum Gasteiger partial charge on any atom is 0.358 e. The number of hydrogen-bond acceptors (Lipinski definition) is 9. The first kappa shape index (κ1) is 30.4. The molecule has 4 heterocycles. The number of aromatic nitrogens is 6. The van der Waals surface area contributed by atoms with E-state index in [9.17, 15) is 13.6 Å². The first-order valence-corrected chi connectivity index (χ1v) is 15.0. The largest absolute Gasteiger partial charge is 0.461 e. The Morgan fingerprint density at radius 3 is 1.73 bits per heavy atom. The van der Waals surface area contributed by atoms with Crippen molar-refractivity contribution in [2.75, 3.05) is 6.61 Å². The molecule has 0 saturated heterocycles. The molecule has 10 nitrogen and oxygen atoms in total. The van der Waals surface area contributed by atoms with Crippen LogP contribution >= 0.6 is 23.1 Å². The molecule has 6 aromatic rings. The minimum absolute atomic E-state index is 0.126. The third-order valence-corrected chi connectivity index (χ3v) is 7.40. The van der Waals surface area contributed by atoms with E-state index >= 15 is 0 Å². The number of carbonyl (C=O) groups excluding carboxylic acids is 1. The Morgan fingerprint density at radius 1 is 0.818 bits per heavy atom. The van der Waals surface area contributed by atoms with Crippen molar-refractivity contribution >= 4 is 34.9 Å². The van der Waals surface area contributed by atoms with Crippen molar-refractivity contribution in [1.82, 2.24) is 28.3 Å². The molecule has 0 atom stereocenters. The number of rotatable bonds is 9. The zero-order valence-corrected chi connectivity index (χ0v) is 25.0. The lowest BCUT2D eigenvalue weighted by Gasteiger charge is -2.06. The van der Waals surface area contributed by atoms with Gasteiger partial charge >= 0.3 is 5.97 Å². The molecule has 14 heteroatoms. The molecule has 6 rings (SSSR count). The number of esters is 1. The highest BCUT2D eigenvalue weighted by atomic mass is 32.1. The quantitative estimate of drug-likeness (QED) is 0.116. The van der Waals surface area contributed by atoms with Gasteiger partial charge in [-0.1, -0.05) is 36.4 Å². The Balaban J connectivity index is 0.000000175. The Labute approximate surface area is 259 Å². The summed E-state index contributed by atoms with van der Waals surface area (Å²) in [6.07, 6.45) is 0. The van der Waals surface area contributed by atoms with Gasteiger partial charge in [-0.25, -0.2) is 13.6 Å². The van der Waals surface area contributed by atoms with Crippen LogP contribution < -0.4 is 5.73 Å². The van der Waals surface area contributed by atoms with Gasteiger partial charge in [0.2, 0.25) is 0 Å². The lowest BCUT2D eigenvalue weighted by Crippen LogP contribution is -2.13. The van der Waals surface area contributed by atoms with Crippen LogP contribution in [0, 0.1) is 17.0 Å². The smallest absolute Gasteiger partial charge is 0.358 e. The van der Waals surface area contributed by atoms with Crippen LogP contribution in [0.2, 0.25) is 0 Å². The van der Waals surface area contributed by atoms with E-state index in [0.29, 0.717) is 33.9 Å². The van der Waals surface area contributed by atoms with Crippen LogP contribution in [0.1, 0.15) is 34.2 Å². The van der Waals surface area contributed by atoms with Gasteiger partial charge in [-0.15, -0.1) is 0 Å². The number of hydrogen-bond donors (Lipinski definition) is 2. The summed E-state index contributed by atoms with van der Waals surface area (Å²) in [5.74, 6) is -1.23. The van der Waals surface area contributed by atoms with E-state index in [2.05, 4.69) is 18.9 Å². The molecule has 0 aliphatic carbocycles. The van der Waals surface area contributed by atoms with Crippen LogP contribution in [0.25, 0.3) is 22.8 Å². The monoisotopic (exact) mass is 632 g/mol. The van der Waals surface area contributed by atoms with Crippen LogP contribution in [0.4, 0.5) is 8.78 Å². The molecular formula is C30H26F2N8O2S2. The topological polar surface area (TPSA) is 138 Å². The molecule has 0 saturated carbocycles. The molecule has 44 heavy (non-hydrogen) atoms. The number of nitrogen functional groups attached to an aromatic ring is 1. The molecule has 2 aromatic carbocycles. The fourth-order valence-electron chi connectivity index (χ4n) is 4.19. The highest BCUT2D eigenvalue weighted by molar-refractivity contribution is 7.04. The van der Waals surface area contributed by atoms with Crippen molar-refractivity contribution in [3.63, 3.8) is 0 Å². The number of halogens is 2. The van der Waals surface area contributed by atoms with E-state index in [-0.39, 0.29) is 42.9 Å². The summed E-state index contributed by atoms with van der Waals surface area (Å²) in [4.78, 5) is 11.9. The second-order valence-corrected chi connectivity index (χ2v) is 10.6. The van der Waals surface area contributed by atoms with Gasteiger partial charge in [-0.2, -0.15) is 18.9 Å². The van der Waals surface area contributed by atoms with Gasteiger partial charge in [0.25, 0.3) is 0 Å². The maximum atomic E-state index is 13.9. The second-order valence-electron chi connectivity index (χ2n) is 9.23. The average Bonchev–Trinajstić information content (AvgIpc) is 3.83. The molecule has 0 spiro atoms. The molecule has 0 amide bonds. The lowest BCUT2D eigenvalue weighted by atomic mass is 10.2. The minimum Gasteiger partial charge on any atom is -0.461 e. The van der Waals surface area contributed by atoms with E-state index in [1.807, 2.05) is 22.9 Å². The average molecular weight is 633 g/mol. The lowest BCUT2D eigenvalue weighted by molar-refractivity contribution is 0.0518. The number of amidine groups is 1.